The average Bonchev–Trinajstić information content (AvgIpc) is 3.26. The Hall–Kier alpha value is -2.28. The number of nitrogens with one attached hydrogen (secondary N) is 2. The number of amides is 2. The van der Waals surface area contributed by atoms with Crippen LogP contribution in [-0.4, -0.2) is 41.2 Å². The number of hydrogen-bond donors (Lipinski definition) is 2. The number of piperidine rings is 1. The fourth-order valence-corrected chi connectivity index (χ4v) is 3.15. The van der Waals surface area contributed by atoms with Gasteiger partial charge in [-0.2, -0.15) is 0 Å². The second-order valence-corrected chi connectivity index (χ2v) is 6.09. The number of urea groups is 1. The maximum absolute atomic E-state index is 12.8. The molecule has 1 aliphatic rings. The third-order valence-corrected chi connectivity index (χ3v) is 4.33. The lowest BCUT2D eigenvalue weighted by Gasteiger charge is -2.35. The molecule has 0 unspecified atom stereocenters. The van der Waals surface area contributed by atoms with Crippen molar-refractivity contribution in [2.24, 2.45) is 0 Å². The zero-order valence-electron chi connectivity index (χ0n) is 14.1. The highest BCUT2D eigenvalue weighted by atomic mass is 16.5. The molecule has 3 rings (SSSR count). The van der Waals surface area contributed by atoms with Gasteiger partial charge >= 0.3 is 6.03 Å². The van der Waals surface area contributed by atoms with Crippen molar-refractivity contribution < 1.29 is 13.9 Å². The molecule has 130 valence electrons. The van der Waals surface area contributed by atoms with Crippen LogP contribution in [0.25, 0.3) is 0 Å². The third kappa shape index (κ3) is 3.62. The summed E-state index contributed by atoms with van der Waals surface area (Å²) in [4.78, 5) is 22.2. The SMILES string of the molecule is COC[C@H](NC(=O)N1CCCC[C@@H]1c1ncc[nH]1)c1ccc(C)o1. The minimum absolute atomic E-state index is 0.0183. The highest BCUT2D eigenvalue weighted by molar-refractivity contribution is 5.75. The molecule has 3 heterocycles. The van der Waals surface area contributed by atoms with Crippen LogP contribution in [0.3, 0.4) is 0 Å². The molecule has 7 heteroatoms. The maximum atomic E-state index is 12.8. The summed E-state index contributed by atoms with van der Waals surface area (Å²) in [6.07, 6.45) is 6.52. The van der Waals surface area contributed by atoms with E-state index in [0.717, 1.165) is 30.8 Å². The fourth-order valence-electron chi connectivity index (χ4n) is 3.15. The van der Waals surface area contributed by atoms with Crippen LogP contribution in [0.2, 0.25) is 0 Å². The summed E-state index contributed by atoms with van der Waals surface area (Å²) in [5.41, 5.74) is 0. The number of hydrogen-bond acceptors (Lipinski definition) is 4. The van der Waals surface area contributed by atoms with Crippen LogP contribution in [0.5, 0.6) is 0 Å². The van der Waals surface area contributed by atoms with Crippen molar-refractivity contribution in [3.8, 4) is 0 Å². The van der Waals surface area contributed by atoms with Crippen molar-refractivity contribution in [3.63, 3.8) is 0 Å². The molecule has 2 N–H and O–H groups in total. The van der Waals surface area contributed by atoms with Crippen molar-refractivity contribution in [3.05, 3.63) is 41.9 Å². The van der Waals surface area contributed by atoms with E-state index in [1.807, 2.05) is 24.0 Å². The van der Waals surface area contributed by atoms with Crippen LogP contribution in [-0.2, 0) is 4.74 Å². The Labute approximate surface area is 141 Å². The molecule has 24 heavy (non-hydrogen) atoms. The number of rotatable bonds is 5. The number of carbonyl (C=O) groups is 1. The number of imidazole rings is 1. The molecule has 0 spiro atoms. The van der Waals surface area contributed by atoms with Gasteiger partial charge in [-0.1, -0.05) is 0 Å². The first-order chi connectivity index (χ1) is 11.7. The molecule has 1 fully saturated rings. The van der Waals surface area contributed by atoms with Gasteiger partial charge in [0.05, 0.1) is 12.6 Å². The molecule has 2 aromatic rings. The van der Waals surface area contributed by atoms with Crippen LogP contribution in [0, 0.1) is 6.92 Å². The summed E-state index contributed by atoms with van der Waals surface area (Å²) in [6.45, 7) is 2.96. The number of aromatic amines is 1. The van der Waals surface area contributed by atoms with Crippen LogP contribution in [0.1, 0.15) is 48.7 Å². The van der Waals surface area contributed by atoms with E-state index >= 15 is 0 Å². The molecule has 0 radical (unpaired) electrons. The van der Waals surface area contributed by atoms with E-state index in [-0.39, 0.29) is 18.1 Å². The quantitative estimate of drug-likeness (QED) is 0.882. The lowest BCUT2D eigenvalue weighted by Crippen LogP contribution is -2.46. The number of aromatic nitrogens is 2. The summed E-state index contributed by atoms with van der Waals surface area (Å²) in [7, 11) is 1.61. The first-order valence-electron chi connectivity index (χ1n) is 8.30. The van der Waals surface area contributed by atoms with Crippen LogP contribution in [0.15, 0.2) is 28.9 Å². The highest BCUT2D eigenvalue weighted by Gasteiger charge is 2.31. The van der Waals surface area contributed by atoms with E-state index in [4.69, 9.17) is 9.15 Å². The Balaban J connectivity index is 1.73. The molecular weight excluding hydrogens is 308 g/mol. The van der Waals surface area contributed by atoms with Gasteiger partial charge in [0.2, 0.25) is 0 Å². The number of aryl methyl sites for hydroxylation is 1. The summed E-state index contributed by atoms with van der Waals surface area (Å²) < 4.78 is 10.9. The van der Waals surface area contributed by atoms with Crippen molar-refractivity contribution >= 4 is 6.03 Å². The standard InChI is InChI=1S/C17H24N4O3/c1-12-6-7-15(24-12)13(11-23-2)20-17(22)21-10-4-3-5-14(21)16-18-8-9-19-16/h6-9,13-14H,3-5,10-11H2,1-2H3,(H,18,19)(H,20,22)/t13-,14+/m0/s1. The monoisotopic (exact) mass is 332 g/mol. The molecule has 0 bridgehead atoms. The first-order valence-corrected chi connectivity index (χ1v) is 8.30. The number of likely N-dealkylation sites (tertiary alicyclic amines) is 1. The fraction of sp³-hybridized carbons (Fsp3) is 0.529. The molecular formula is C17H24N4O3. The van der Waals surface area contributed by atoms with E-state index in [2.05, 4.69) is 15.3 Å². The summed E-state index contributed by atoms with van der Waals surface area (Å²) in [5.74, 6) is 2.35. The smallest absolute Gasteiger partial charge is 0.318 e. The number of H-pyrrole nitrogens is 1. The first kappa shape index (κ1) is 16.6. The normalized spacial score (nSPS) is 19.2. The van der Waals surface area contributed by atoms with Gasteiger partial charge in [0, 0.05) is 26.0 Å². The third-order valence-electron chi connectivity index (χ3n) is 4.33. The van der Waals surface area contributed by atoms with E-state index in [9.17, 15) is 4.79 Å². The number of nitrogens with zero attached hydrogens (tertiary/aromatic N) is 2. The molecule has 0 aromatic carbocycles. The number of furan rings is 1. The number of methoxy groups -OCH3 is 1. The number of carbonyl (C=O) groups excluding carboxylic acids is 1. The minimum atomic E-state index is -0.310. The van der Waals surface area contributed by atoms with Crippen LogP contribution >= 0.6 is 0 Å². The Morgan fingerprint density at radius 2 is 2.42 bits per heavy atom. The Kier molecular flexibility index (Phi) is 5.20. The van der Waals surface area contributed by atoms with Gasteiger partial charge in [-0.15, -0.1) is 0 Å². The van der Waals surface area contributed by atoms with E-state index in [1.54, 1.807) is 19.5 Å². The highest BCUT2D eigenvalue weighted by Crippen LogP contribution is 2.29. The Morgan fingerprint density at radius 3 is 3.08 bits per heavy atom. The second kappa shape index (κ2) is 7.53. The summed E-state index contributed by atoms with van der Waals surface area (Å²) in [5, 5.41) is 3.04. The molecule has 2 atom stereocenters. The molecule has 7 nitrogen and oxygen atoms in total. The van der Waals surface area contributed by atoms with Gasteiger partial charge in [0.25, 0.3) is 0 Å². The van der Waals surface area contributed by atoms with Crippen LogP contribution < -0.4 is 5.32 Å². The van der Waals surface area contributed by atoms with Crippen LogP contribution in [0.4, 0.5) is 4.79 Å². The Bertz CT molecular complexity index is 653. The molecule has 0 aliphatic carbocycles. The predicted molar refractivity (Wildman–Crippen MR) is 88.5 cm³/mol. The van der Waals surface area contributed by atoms with Gasteiger partial charge in [-0.3, -0.25) is 0 Å². The van der Waals surface area contributed by atoms with E-state index in [1.165, 1.54) is 0 Å². The largest absolute Gasteiger partial charge is 0.464 e. The minimum Gasteiger partial charge on any atom is -0.464 e. The maximum Gasteiger partial charge on any atom is 0.318 e. The van der Waals surface area contributed by atoms with Crippen molar-refractivity contribution in [1.29, 1.82) is 0 Å². The lowest BCUT2D eigenvalue weighted by molar-refractivity contribution is 0.125. The second-order valence-electron chi connectivity index (χ2n) is 6.09. The summed E-state index contributed by atoms with van der Waals surface area (Å²) in [6, 6.07) is 3.31. The lowest BCUT2D eigenvalue weighted by atomic mass is 10.0. The van der Waals surface area contributed by atoms with Gasteiger partial charge in [-0.05, 0) is 38.3 Å². The average molecular weight is 332 g/mol. The van der Waals surface area contributed by atoms with Crippen molar-refractivity contribution in [1.82, 2.24) is 20.2 Å². The topological polar surface area (TPSA) is 83.4 Å². The molecule has 2 aromatic heterocycles. The van der Waals surface area contributed by atoms with E-state index < -0.39 is 0 Å². The zero-order chi connectivity index (χ0) is 16.9. The number of ether oxygens (including phenoxy) is 1. The zero-order valence-corrected chi connectivity index (χ0v) is 14.1. The van der Waals surface area contributed by atoms with Crippen molar-refractivity contribution in [2.45, 2.75) is 38.3 Å². The molecule has 0 saturated carbocycles. The predicted octanol–water partition coefficient (Wildman–Crippen LogP) is 2.94. The van der Waals surface area contributed by atoms with Gasteiger partial charge in [0.1, 0.15) is 23.4 Å². The molecule has 2 amide bonds. The Morgan fingerprint density at radius 1 is 1.54 bits per heavy atom. The molecule has 1 aliphatic heterocycles. The van der Waals surface area contributed by atoms with Gasteiger partial charge < -0.3 is 24.4 Å². The summed E-state index contributed by atoms with van der Waals surface area (Å²) >= 11 is 0. The molecule has 1 saturated heterocycles. The van der Waals surface area contributed by atoms with Crippen molar-refractivity contribution in [2.75, 3.05) is 20.3 Å². The van der Waals surface area contributed by atoms with Gasteiger partial charge in [-0.25, -0.2) is 9.78 Å². The van der Waals surface area contributed by atoms with Gasteiger partial charge in [0.15, 0.2) is 0 Å². The van der Waals surface area contributed by atoms with E-state index in [0.29, 0.717) is 18.9 Å².